The van der Waals surface area contributed by atoms with Crippen molar-refractivity contribution < 1.29 is 9.53 Å². The van der Waals surface area contributed by atoms with Crippen LogP contribution in [0.2, 0.25) is 0 Å². The molecule has 0 radical (unpaired) electrons. The summed E-state index contributed by atoms with van der Waals surface area (Å²) in [5.41, 5.74) is 1.75. The molecule has 0 aliphatic carbocycles. The molecule has 0 bridgehead atoms. The van der Waals surface area contributed by atoms with E-state index in [1.165, 1.54) is 0 Å². The first-order valence-electron chi connectivity index (χ1n) is 5.86. The van der Waals surface area contributed by atoms with E-state index in [-0.39, 0.29) is 6.61 Å². The van der Waals surface area contributed by atoms with Crippen LogP contribution in [-0.4, -0.2) is 11.1 Å². The number of halogens is 2. The lowest BCUT2D eigenvalue weighted by molar-refractivity contribution is 0.155. The molecule has 1 aromatic heterocycles. The lowest BCUT2D eigenvalue weighted by Gasteiger charge is -2.09. The predicted octanol–water partition coefficient (Wildman–Crippen LogP) is 4.51. The number of pyridine rings is 1. The Balaban J connectivity index is 1.97. The topological polar surface area (TPSA) is 51.2 Å². The van der Waals surface area contributed by atoms with Crippen molar-refractivity contribution in [2.24, 2.45) is 0 Å². The predicted molar refractivity (Wildman–Crippen MR) is 89.6 cm³/mol. The molecule has 0 aliphatic heterocycles. The van der Waals surface area contributed by atoms with Gasteiger partial charge >= 0.3 is 6.09 Å². The van der Waals surface area contributed by atoms with Gasteiger partial charge in [0.15, 0.2) is 0 Å². The molecule has 2 aromatic rings. The molecule has 0 saturated carbocycles. The Morgan fingerprint density at radius 2 is 2.10 bits per heavy atom. The summed E-state index contributed by atoms with van der Waals surface area (Å²) in [6.45, 7) is 2.10. The van der Waals surface area contributed by atoms with E-state index in [9.17, 15) is 4.79 Å². The zero-order chi connectivity index (χ0) is 14.5. The van der Waals surface area contributed by atoms with Gasteiger partial charge in [-0.25, -0.2) is 9.78 Å². The molecule has 104 valence electrons. The summed E-state index contributed by atoms with van der Waals surface area (Å²) >= 11 is 5.51. The van der Waals surface area contributed by atoms with Gasteiger partial charge < -0.3 is 4.74 Å². The summed E-state index contributed by atoms with van der Waals surface area (Å²) in [6.07, 6.45) is -0.513. The first-order chi connectivity index (χ1) is 9.56. The third kappa shape index (κ3) is 4.17. The second-order valence-corrected chi connectivity index (χ2v) is 6.09. The number of benzene rings is 1. The van der Waals surface area contributed by atoms with Crippen molar-refractivity contribution in [2.75, 3.05) is 5.32 Å². The van der Waals surface area contributed by atoms with Crippen molar-refractivity contribution in [3.05, 3.63) is 55.7 Å². The summed E-state index contributed by atoms with van der Waals surface area (Å²) < 4.78 is 6.90. The molecular weight excluding hydrogens is 435 g/mol. The van der Waals surface area contributed by atoms with Gasteiger partial charge in [-0.15, -0.1) is 0 Å². The zero-order valence-electron chi connectivity index (χ0n) is 10.7. The van der Waals surface area contributed by atoms with Gasteiger partial charge in [-0.2, -0.15) is 0 Å². The highest BCUT2D eigenvalue weighted by Crippen LogP contribution is 2.23. The Hall–Kier alpha value is -1.15. The standard InChI is InChI=1S/C14H12BrIN2O2/c1-9-11(15)7-12(16)13(17-9)18-14(19)20-8-10-5-3-2-4-6-10/h2-7H,8H2,1H3,(H,17,18,19). The molecule has 0 saturated heterocycles. The third-order valence-corrected chi connectivity index (χ3v) is 4.16. The van der Waals surface area contributed by atoms with Gasteiger partial charge in [0, 0.05) is 4.47 Å². The molecule has 0 unspecified atom stereocenters. The molecule has 1 N–H and O–H groups in total. The molecule has 1 amide bonds. The van der Waals surface area contributed by atoms with Crippen molar-refractivity contribution in [2.45, 2.75) is 13.5 Å². The average Bonchev–Trinajstić information content (AvgIpc) is 2.44. The van der Waals surface area contributed by atoms with E-state index in [1.54, 1.807) is 0 Å². The molecule has 0 aliphatic rings. The van der Waals surface area contributed by atoms with Crippen molar-refractivity contribution in [3.63, 3.8) is 0 Å². The van der Waals surface area contributed by atoms with Gasteiger partial charge in [0.1, 0.15) is 12.4 Å². The van der Waals surface area contributed by atoms with E-state index in [0.29, 0.717) is 5.82 Å². The zero-order valence-corrected chi connectivity index (χ0v) is 14.4. The van der Waals surface area contributed by atoms with E-state index in [0.717, 1.165) is 19.3 Å². The molecule has 4 nitrogen and oxygen atoms in total. The van der Waals surface area contributed by atoms with Crippen LogP contribution in [0.4, 0.5) is 10.6 Å². The number of aromatic nitrogens is 1. The normalized spacial score (nSPS) is 10.2. The maximum Gasteiger partial charge on any atom is 0.413 e. The minimum atomic E-state index is -0.513. The van der Waals surface area contributed by atoms with E-state index < -0.39 is 6.09 Å². The van der Waals surface area contributed by atoms with Crippen LogP contribution in [0.25, 0.3) is 0 Å². The maximum absolute atomic E-state index is 11.7. The van der Waals surface area contributed by atoms with E-state index in [4.69, 9.17) is 4.74 Å². The van der Waals surface area contributed by atoms with Crippen molar-refractivity contribution in [1.82, 2.24) is 4.98 Å². The van der Waals surface area contributed by atoms with Crippen LogP contribution in [0.15, 0.2) is 40.9 Å². The number of nitrogens with one attached hydrogen (secondary N) is 1. The van der Waals surface area contributed by atoms with Gasteiger partial charge in [0.2, 0.25) is 0 Å². The van der Waals surface area contributed by atoms with Gasteiger partial charge in [-0.1, -0.05) is 30.3 Å². The summed E-state index contributed by atoms with van der Waals surface area (Å²) in [7, 11) is 0. The molecular formula is C14H12BrIN2O2. The Bertz CT molecular complexity index is 620. The van der Waals surface area contributed by atoms with Crippen LogP contribution < -0.4 is 5.32 Å². The van der Waals surface area contributed by atoms with Crippen LogP contribution >= 0.6 is 38.5 Å². The molecule has 0 fully saturated rings. The largest absolute Gasteiger partial charge is 0.444 e. The Morgan fingerprint density at radius 3 is 2.80 bits per heavy atom. The second-order valence-electron chi connectivity index (χ2n) is 4.07. The van der Waals surface area contributed by atoms with Crippen LogP contribution in [-0.2, 0) is 11.3 Å². The monoisotopic (exact) mass is 446 g/mol. The number of ether oxygens (including phenoxy) is 1. The Morgan fingerprint density at radius 1 is 1.40 bits per heavy atom. The number of carbonyl (C=O) groups excluding carboxylic acids is 1. The molecule has 1 aromatic carbocycles. The number of anilines is 1. The van der Waals surface area contributed by atoms with Crippen molar-refractivity contribution in [1.29, 1.82) is 0 Å². The average molecular weight is 447 g/mol. The number of nitrogens with zero attached hydrogens (tertiary/aromatic N) is 1. The van der Waals surface area contributed by atoms with Crippen LogP contribution in [0.3, 0.4) is 0 Å². The highest BCUT2D eigenvalue weighted by Gasteiger charge is 2.10. The lowest BCUT2D eigenvalue weighted by atomic mass is 10.2. The molecule has 6 heteroatoms. The second kappa shape index (κ2) is 7.03. The third-order valence-electron chi connectivity index (χ3n) is 2.54. The number of amides is 1. The smallest absolute Gasteiger partial charge is 0.413 e. The fraction of sp³-hybridized carbons (Fsp3) is 0.143. The molecule has 20 heavy (non-hydrogen) atoms. The SMILES string of the molecule is Cc1nc(NC(=O)OCc2ccccc2)c(I)cc1Br. The molecule has 0 spiro atoms. The molecule has 1 heterocycles. The van der Waals surface area contributed by atoms with Gasteiger partial charge in [-0.3, -0.25) is 5.32 Å². The number of aryl methyl sites for hydroxylation is 1. The van der Waals surface area contributed by atoms with Crippen molar-refractivity contribution >= 4 is 50.4 Å². The summed E-state index contributed by atoms with van der Waals surface area (Å²) in [6, 6.07) is 11.4. The van der Waals surface area contributed by atoms with Crippen LogP contribution in [0.1, 0.15) is 11.3 Å². The first kappa shape index (κ1) is 15.2. The van der Waals surface area contributed by atoms with Gasteiger partial charge in [0.05, 0.1) is 9.26 Å². The summed E-state index contributed by atoms with van der Waals surface area (Å²) in [4.78, 5) is 16.0. The lowest BCUT2D eigenvalue weighted by Crippen LogP contribution is -2.15. The Labute approximate surface area is 139 Å². The van der Waals surface area contributed by atoms with E-state index in [1.807, 2.05) is 43.3 Å². The minimum Gasteiger partial charge on any atom is -0.444 e. The highest BCUT2D eigenvalue weighted by molar-refractivity contribution is 14.1. The highest BCUT2D eigenvalue weighted by atomic mass is 127. The quantitative estimate of drug-likeness (QED) is 0.706. The van der Waals surface area contributed by atoms with E-state index in [2.05, 4.69) is 48.8 Å². The maximum atomic E-state index is 11.7. The van der Waals surface area contributed by atoms with E-state index >= 15 is 0 Å². The summed E-state index contributed by atoms with van der Waals surface area (Å²) in [5, 5.41) is 2.65. The van der Waals surface area contributed by atoms with Crippen LogP contribution in [0.5, 0.6) is 0 Å². The van der Waals surface area contributed by atoms with Crippen LogP contribution in [0, 0.1) is 10.5 Å². The van der Waals surface area contributed by atoms with Gasteiger partial charge in [0.25, 0.3) is 0 Å². The first-order valence-corrected chi connectivity index (χ1v) is 7.74. The summed E-state index contributed by atoms with van der Waals surface area (Å²) in [5.74, 6) is 0.504. The Kier molecular flexibility index (Phi) is 5.36. The van der Waals surface area contributed by atoms with Crippen molar-refractivity contribution in [3.8, 4) is 0 Å². The number of carbonyl (C=O) groups is 1. The molecule has 2 rings (SSSR count). The van der Waals surface area contributed by atoms with Gasteiger partial charge in [-0.05, 0) is 57.1 Å². The molecule has 0 atom stereocenters. The fourth-order valence-corrected chi connectivity index (χ4v) is 2.81. The number of rotatable bonds is 3. The minimum absolute atomic E-state index is 0.235. The number of hydrogen-bond donors (Lipinski definition) is 1. The fourth-order valence-electron chi connectivity index (χ4n) is 1.50. The number of hydrogen-bond acceptors (Lipinski definition) is 3.